The van der Waals surface area contributed by atoms with Crippen LogP contribution in [-0.4, -0.2) is 35.5 Å². The molecule has 2 aliphatic rings. The van der Waals surface area contributed by atoms with Crippen LogP contribution >= 0.6 is 22.7 Å². The molecule has 2 aromatic heterocycles. The van der Waals surface area contributed by atoms with Gasteiger partial charge in [-0.3, -0.25) is 4.79 Å². The Morgan fingerprint density at radius 3 is 2.49 bits per heavy atom. The van der Waals surface area contributed by atoms with Gasteiger partial charge in [0, 0.05) is 30.0 Å². The van der Waals surface area contributed by atoms with Gasteiger partial charge in [0.15, 0.2) is 0 Å². The van der Waals surface area contributed by atoms with Gasteiger partial charge in [-0.05, 0) is 72.1 Å². The van der Waals surface area contributed by atoms with E-state index in [1.807, 2.05) is 23.3 Å². The van der Waals surface area contributed by atoms with Crippen LogP contribution in [0, 0.1) is 0 Å². The number of ether oxygens (including phenoxy) is 1. The number of piperidine rings is 1. The zero-order valence-corrected chi connectivity index (χ0v) is 23.2. The number of hydrogen-bond acceptors (Lipinski definition) is 5. The molecule has 0 N–H and O–H groups in total. The van der Waals surface area contributed by atoms with Crippen molar-refractivity contribution in [3.05, 3.63) is 56.0 Å². The van der Waals surface area contributed by atoms with Crippen molar-refractivity contribution >= 4 is 28.6 Å². The fourth-order valence-electron chi connectivity index (χ4n) is 5.55. The van der Waals surface area contributed by atoms with Crippen LogP contribution in [0.2, 0.25) is 0 Å². The van der Waals surface area contributed by atoms with Crippen molar-refractivity contribution in [3.8, 4) is 17.0 Å². The highest BCUT2D eigenvalue weighted by Gasteiger charge is 2.37. The van der Waals surface area contributed by atoms with Crippen LogP contribution in [0.3, 0.4) is 0 Å². The Hall–Kier alpha value is -2.18. The Morgan fingerprint density at radius 2 is 1.77 bits per heavy atom. The number of carbonyl (C=O) groups excluding carboxylic acids is 1. The smallest absolute Gasteiger partial charge is 0.267 e. The number of nitrogens with zero attached hydrogens (tertiary/aromatic N) is 2. The molecule has 0 unspecified atom stereocenters. The molecule has 3 aromatic rings. The predicted molar refractivity (Wildman–Crippen MR) is 146 cm³/mol. The summed E-state index contributed by atoms with van der Waals surface area (Å²) in [6.45, 7) is 13.5. The minimum Gasteiger partial charge on any atom is -0.492 e. The molecule has 4 nitrogen and oxygen atoms in total. The minimum atomic E-state index is 0.0984. The highest BCUT2D eigenvalue weighted by atomic mass is 32.1. The van der Waals surface area contributed by atoms with Gasteiger partial charge >= 0.3 is 0 Å². The van der Waals surface area contributed by atoms with Crippen molar-refractivity contribution in [1.82, 2.24) is 9.88 Å². The molecule has 1 fully saturated rings. The number of likely N-dealkylation sites (tertiary alicyclic amines) is 1. The van der Waals surface area contributed by atoms with Gasteiger partial charge in [-0.15, -0.1) is 22.7 Å². The summed E-state index contributed by atoms with van der Waals surface area (Å²) >= 11 is 3.24. The van der Waals surface area contributed by atoms with Crippen molar-refractivity contribution in [1.29, 1.82) is 0 Å². The third-order valence-corrected chi connectivity index (χ3v) is 9.82. The normalized spacial score (nSPS) is 19.4. The van der Waals surface area contributed by atoms with E-state index in [0.717, 1.165) is 36.5 Å². The molecular formula is C29H36N2O2S2. The molecule has 0 bridgehead atoms. The van der Waals surface area contributed by atoms with Gasteiger partial charge in [0.05, 0.1) is 17.3 Å². The Bertz CT molecular complexity index is 1220. The van der Waals surface area contributed by atoms with E-state index >= 15 is 0 Å². The molecule has 6 heteroatoms. The van der Waals surface area contributed by atoms with Crippen molar-refractivity contribution in [2.45, 2.75) is 77.0 Å². The molecule has 1 aliphatic carbocycles. The van der Waals surface area contributed by atoms with Crippen LogP contribution in [0.5, 0.6) is 5.75 Å². The second-order valence-electron chi connectivity index (χ2n) is 11.2. The molecule has 0 radical (unpaired) electrons. The molecule has 1 aliphatic heterocycles. The second kappa shape index (κ2) is 9.36. The van der Waals surface area contributed by atoms with E-state index in [4.69, 9.17) is 9.72 Å². The van der Waals surface area contributed by atoms with Gasteiger partial charge in [-0.1, -0.05) is 39.8 Å². The van der Waals surface area contributed by atoms with Gasteiger partial charge in [0.25, 0.3) is 5.91 Å². The summed E-state index contributed by atoms with van der Waals surface area (Å²) in [5, 5.41) is 5.36. The lowest BCUT2D eigenvalue weighted by molar-refractivity contribution is 0.0714. The van der Waals surface area contributed by atoms with Gasteiger partial charge in [0.2, 0.25) is 0 Å². The monoisotopic (exact) mass is 508 g/mol. The minimum absolute atomic E-state index is 0.0984. The molecule has 0 saturated carbocycles. The third kappa shape index (κ3) is 4.67. The molecule has 0 spiro atoms. The van der Waals surface area contributed by atoms with Crippen molar-refractivity contribution < 1.29 is 9.53 Å². The predicted octanol–water partition coefficient (Wildman–Crippen LogP) is 7.64. The number of thiazole rings is 1. The molecule has 1 amide bonds. The van der Waals surface area contributed by atoms with Crippen LogP contribution in [0.4, 0.5) is 0 Å². The summed E-state index contributed by atoms with van der Waals surface area (Å²) in [5.74, 6) is 1.23. The molecule has 1 aromatic carbocycles. The number of benzene rings is 1. The van der Waals surface area contributed by atoms with E-state index in [1.165, 1.54) is 45.9 Å². The quantitative estimate of drug-likeness (QED) is 0.356. The van der Waals surface area contributed by atoms with Gasteiger partial charge in [-0.25, -0.2) is 4.98 Å². The number of fused-ring (bicyclic) bond motifs is 1. The van der Waals surface area contributed by atoms with Gasteiger partial charge in [0.1, 0.15) is 10.6 Å². The summed E-state index contributed by atoms with van der Waals surface area (Å²) in [7, 11) is 0. The number of thiophene rings is 1. The lowest BCUT2D eigenvalue weighted by atomic mass is 9.63. The Balaban J connectivity index is 1.29. The first-order chi connectivity index (χ1) is 16.7. The molecule has 186 valence electrons. The van der Waals surface area contributed by atoms with E-state index in [1.54, 1.807) is 11.3 Å². The maximum absolute atomic E-state index is 13.0. The van der Waals surface area contributed by atoms with Crippen LogP contribution in [0.25, 0.3) is 11.3 Å². The highest BCUT2D eigenvalue weighted by Crippen LogP contribution is 2.47. The number of hydrogen-bond donors (Lipinski definition) is 0. The summed E-state index contributed by atoms with van der Waals surface area (Å²) in [4.78, 5) is 20.8. The van der Waals surface area contributed by atoms with Crippen LogP contribution in [0.15, 0.2) is 35.0 Å². The topological polar surface area (TPSA) is 42.4 Å². The third-order valence-electron chi connectivity index (χ3n) is 7.93. The molecule has 3 heterocycles. The summed E-state index contributed by atoms with van der Waals surface area (Å²) in [5.41, 5.74) is 5.71. The fourth-order valence-corrected chi connectivity index (χ4v) is 7.35. The van der Waals surface area contributed by atoms with Crippen LogP contribution in [-0.2, 0) is 10.8 Å². The molecule has 5 rings (SSSR count). The number of rotatable bonds is 5. The largest absolute Gasteiger partial charge is 0.492 e. The van der Waals surface area contributed by atoms with Crippen LogP contribution < -0.4 is 4.74 Å². The van der Waals surface area contributed by atoms with E-state index in [2.05, 4.69) is 51.3 Å². The van der Waals surface area contributed by atoms with E-state index < -0.39 is 0 Å². The average molecular weight is 509 g/mol. The van der Waals surface area contributed by atoms with Crippen molar-refractivity contribution in [3.63, 3.8) is 0 Å². The number of aromatic nitrogens is 1. The lowest BCUT2D eigenvalue weighted by Gasteiger charge is -2.42. The Morgan fingerprint density at radius 1 is 1.06 bits per heavy atom. The maximum Gasteiger partial charge on any atom is 0.267 e. The standard InChI is InChI=1S/C29H36N2O2S2/c1-6-33-24-11-16-34-25(24)27(32)31-14-9-19(10-15-31)26-30-23(18-35-26)20-7-8-21-22(17-20)29(4,5)13-12-28(21,2)3/h7-8,11,16-19H,6,9-10,12-15H2,1-5H3. The average Bonchev–Trinajstić information content (AvgIpc) is 3.52. The zero-order valence-electron chi connectivity index (χ0n) is 21.5. The number of carbonyl (C=O) groups is 1. The Kier molecular flexibility index (Phi) is 6.56. The first kappa shape index (κ1) is 24.5. The summed E-state index contributed by atoms with van der Waals surface area (Å²) < 4.78 is 5.64. The maximum atomic E-state index is 13.0. The molecule has 35 heavy (non-hydrogen) atoms. The zero-order chi connectivity index (χ0) is 24.8. The van der Waals surface area contributed by atoms with Crippen molar-refractivity contribution in [2.75, 3.05) is 19.7 Å². The number of amides is 1. The lowest BCUT2D eigenvalue weighted by Crippen LogP contribution is -2.37. The van der Waals surface area contributed by atoms with E-state index in [9.17, 15) is 4.79 Å². The Labute approximate surface area is 217 Å². The van der Waals surface area contributed by atoms with Crippen molar-refractivity contribution in [2.24, 2.45) is 0 Å². The van der Waals surface area contributed by atoms with E-state index in [0.29, 0.717) is 18.3 Å². The SMILES string of the molecule is CCOc1ccsc1C(=O)N1CCC(c2nc(-c3ccc4c(c3)C(C)(C)CCC4(C)C)cs2)CC1. The van der Waals surface area contributed by atoms with Gasteiger partial charge in [-0.2, -0.15) is 0 Å². The second-order valence-corrected chi connectivity index (χ2v) is 13.0. The fraction of sp³-hybridized carbons (Fsp3) is 0.517. The highest BCUT2D eigenvalue weighted by molar-refractivity contribution is 7.12. The molecule has 0 atom stereocenters. The molecule has 1 saturated heterocycles. The first-order valence-electron chi connectivity index (χ1n) is 12.8. The van der Waals surface area contributed by atoms with E-state index in [-0.39, 0.29) is 16.7 Å². The molecular weight excluding hydrogens is 472 g/mol. The summed E-state index contributed by atoms with van der Waals surface area (Å²) in [6.07, 6.45) is 4.36. The first-order valence-corrected chi connectivity index (χ1v) is 14.6. The van der Waals surface area contributed by atoms with Crippen LogP contribution in [0.1, 0.15) is 92.0 Å². The van der Waals surface area contributed by atoms with Gasteiger partial charge < -0.3 is 9.64 Å². The summed E-state index contributed by atoms with van der Waals surface area (Å²) in [6, 6.07) is 8.90.